The first kappa shape index (κ1) is 11.7. The summed E-state index contributed by atoms with van der Waals surface area (Å²) in [6.07, 6.45) is 0.883. The third-order valence-corrected chi connectivity index (χ3v) is 2.55. The van der Waals surface area contributed by atoms with E-state index in [2.05, 4.69) is 9.97 Å². The molecule has 1 heterocycles. The van der Waals surface area contributed by atoms with E-state index < -0.39 is 17.6 Å². The minimum Gasteiger partial charge on any atom is -0.436 e. The smallest absolute Gasteiger partial charge is 0.262 e. The van der Waals surface area contributed by atoms with E-state index in [-0.39, 0.29) is 0 Å². The van der Waals surface area contributed by atoms with Crippen LogP contribution in [0.1, 0.15) is 5.56 Å². The van der Waals surface area contributed by atoms with Gasteiger partial charge in [0.15, 0.2) is 0 Å². The Kier molecular flexibility index (Phi) is 3.19. The van der Waals surface area contributed by atoms with Crippen molar-refractivity contribution < 1.29 is 13.5 Å². The molecule has 0 radical (unpaired) electrons. The van der Waals surface area contributed by atoms with Gasteiger partial charge in [-0.05, 0) is 19.1 Å². The lowest BCUT2D eigenvalue weighted by Crippen LogP contribution is -1.98. The van der Waals surface area contributed by atoms with Crippen LogP contribution in [0.15, 0.2) is 24.5 Å². The van der Waals surface area contributed by atoms with Crippen LogP contribution in [0.25, 0.3) is 0 Å². The van der Waals surface area contributed by atoms with Gasteiger partial charge in [-0.25, -0.2) is 4.98 Å². The van der Waals surface area contributed by atoms with Crippen LogP contribution in [0.4, 0.5) is 8.78 Å². The van der Waals surface area contributed by atoms with Gasteiger partial charge in [-0.15, -0.1) is 0 Å². The van der Waals surface area contributed by atoms with E-state index in [9.17, 15) is 8.78 Å². The molecule has 88 valence electrons. The second-order valence-electron chi connectivity index (χ2n) is 3.25. The zero-order valence-corrected chi connectivity index (χ0v) is 9.50. The fraction of sp³-hybridized carbons (Fsp3) is 0.0909. The van der Waals surface area contributed by atoms with Gasteiger partial charge in [-0.2, -0.15) is 13.8 Å². The van der Waals surface area contributed by atoms with Crippen LogP contribution in [0.3, 0.4) is 0 Å². The number of halogens is 3. The third-order valence-electron chi connectivity index (χ3n) is 2.14. The highest BCUT2D eigenvalue weighted by molar-refractivity contribution is 6.31. The van der Waals surface area contributed by atoms with Crippen molar-refractivity contribution in [3.05, 3.63) is 46.9 Å². The maximum Gasteiger partial charge on any atom is 0.262 e. The third kappa shape index (κ3) is 2.34. The highest BCUT2D eigenvalue weighted by atomic mass is 35.5. The van der Waals surface area contributed by atoms with Gasteiger partial charge in [-0.1, -0.05) is 17.7 Å². The van der Waals surface area contributed by atoms with Gasteiger partial charge < -0.3 is 4.74 Å². The van der Waals surface area contributed by atoms with Crippen molar-refractivity contribution >= 4 is 11.6 Å². The lowest BCUT2D eigenvalue weighted by Gasteiger charge is -2.08. The molecule has 0 saturated carbocycles. The number of rotatable bonds is 2. The molecule has 2 rings (SSSR count). The Labute approximate surface area is 101 Å². The van der Waals surface area contributed by atoms with Gasteiger partial charge in [0.1, 0.15) is 12.1 Å². The molecule has 0 saturated heterocycles. The van der Waals surface area contributed by atoms with Crippen molar-refractivity contribution in [2.24, 2.45) is 0 Å². The van der Waals surface area contributed by atoms with E-state index >= 15 is 0 Å². The molecule has 3 nitrogen and oxygen atoms in total. The maximum absolute atomic E-state index is 13.3. The molecule has 0 atom stereocenters. The van der Waals surface area contributed by atoms with Crippen LogP contribution in [0.2, 0.25) is 5.02 Å². The molecule has 0 aliphatic rings. The van der Waals surface area contributed by atoms with E-state index in [1.165, 1.54) is 0 Å². The molecule has 0 N–H and O–H groups in total. The molecular formula is C11H7ClF2N2O. The van der Waals surface area contributed by atoms with Crippen molar-refractivity contribution in [3.63, 3.8) is 0 Å². The van der Waals surface area contributed by atoms with Crippen molar-refractivity contribution in [1.82, 2.24) is 9.97 Å². The first-order chi connectivity index (χ1) is 8.09. The van der Waals surface area contributed by atoms with E-state index in [0.29, 0.717) is 16.3 Å². The van der Waals surface area contributed by atoms with Gasteiger partial charge in [0.25, 0.3) is 11.8 Å². The lowest BCUT2D eigenvalue weighted by atomic mass is 10.2. The molecule has 6 heteroatoms. The number of benzene rings is 1. The molecular weight excluding hydrogens is 250 g/mol. The number of hydrogen-bond donors (Lipinski definition) is 0. The predicted molar refractivity (Wildman–Crippen MR) is 58.2 cm³/mol. The van der Waals surface area contributed by atoms with Crippen LogP contribution in [-0.4, -0.2) is 9.97 Å². The molecule has 0 unspecified atom stereocenters. The van der Waals surface area contributed by atoms with Gasteiger partial charge in [-0.3, -0.25) is 0 Å². The predicted octanol–water partition coefficient (Wildman–Crippen LogP) is 3.51. The number of aromatic nitrogens is 2. The summed E-state index contributed by atoms with van der Waals surface area (Å²) in [7, 11) is 0. The van der Waals surface area contributed by atoms with Gasteiger partial charge in [0.2, 0.25) is 5.82 Å². The summed E-state index contributed by atoms with van der Waals surface area (Å²) in [5.41, 5.74) is 0.618. The molecule has 0 fully saturated rings. The topological polar surface area (TPSA) is 35.0 Å². The Hall–Kier alpha value is -1.75. The van der Waals surface area contributed by atoms with Crippen LogP contribution < -0.4 is 4.74 Å². The summed E-state index contributed by atoms with van der Waals surface area (Å²) < 4.78 is 31.2. The fourth-order valence-electron chi connectivity index (χ4n) is 1.21. The first-order valence-corrected chi connectivity index (χ1v) is 5.06. The van der Waals surface area contributed by atoms with Crippen molar-refractivity contribution in [3.8, 4) is 11.6 Å². The standard InChI is InChI=1S/C11H7ClF2N2O/c1-6-7(12)3-2-4-8(6)17-11-9(13)10(14)15-5-16-11/h2-5H,1H3. The minimum absolute atomic E-state index is 0.314. The summed E-state index contributed by atoms with van der Waals surface area (Å²) in [6, 6.07) is 4.89. The maximum atomic E-state index is 13.3. The summed E-state index contributed by atoms with van der Waals surface area (Å²) >= 11 is 5.87. The van der Waals surface area contributed by atoms with E-state index in [1.54, 1.807) is 25.1 Å². The zero-order chi connectivity index (χ0) is 12.4. The van der Waals surface area contributed by atoms with E-state index in [0.717, 1.165) is 6.33 Å². The molecule has 0 bridgehead atoms. The molecule has 17 heavy (non-hydrogen) atoms. The fourth-order valence-corrected chi connectivity index (χ4v) is 1.37. The Morgan fingerprint density at radius 2 is 2.00 bits per heavy atom. The molecule has 1 aromatic carbocycles. The summed E-state index contributed by atoms with van der Waals surface area (Å²) in [6.45, 7) is 1.70. The second kappa shape index (κ2) is 4.63. The van der Waals surface area contributed by atoms with Gasteiger partial charge >= 0.3 is 0 Å². The number of nitrogens with zero attached hydrogens (tertiary/aromatic N) is 2. The molecule has 0 spiro atoms. The van der Waals surface area contributed by atoms with Crippen LogP contribution in [0.5, 0.6) is 11.6 Å². The van der Waals surface area contributed by atoms with E-state index in [1.807, 2.05) is 0 Å². The average molecular weight is 257 g/mol. The zero-order valence-electron chi connectivity index (χ0n) is 8.75. The van der Waals surface area contributed by atoms with E-state index in [4.69, 9.17) is 16.3 Å². The Balaban J connectivity index is 2.38. The molecule has 0 amide bonds. The highest BCUT2D eigenvalue weighted by Crippen LogP contribution is 2.29. The summed E-state index contributed by atoms with van der Waals surface area (Å²) in [4.78, 5) is 6.58. The minimum atomic E-state index is -1.25. The van der Waals surface area contributed by atoms with Gasteiger partial charge in [0.05, 0.1) is 0 Å². The molecule has 2 aromatic rings. The molecule has 0 aliphatic carbocycles. The van der Waals surface area contributed by atoms with Crippen molar-refractivity contribution in [2.45, 2.75) is 6.92 Å². The van der Waals surface area contributed by atoms with Crippen molar-refractivity contribution in [1.29, 1.82) is 0 Å². The largest absolute Gasteiger partial charge is 0.436 e. The number of hydrogen-bond acceptors (Lipinski definition) is 3. The average Bonchev–Trinajstić information content (AvgIpc) is 2.31. The summed E-state index contributed by atoms with van der Waals surface area (Å²) in [5.74, 6) is -2.64. The first-order valence-electron chi connectivity index (χ1n) is 4.68. The van der Waals surface area contributed by atoms with Crippen molar-refractivity contribution in [2.75, 3.05) is 0 Å². The molecule has 1 aromatic heterocycles. The Morgan fingerprint density at radius 3 is 2.76 bits per heavy atom. The summed E-state index contributed by atoms with van der Waals surface area (Å²) in [5, 5.41) is 0.470. The monoisotopic (exact) mass is 256 g/mol. The Bertz CT molecular complexity index is 514. The second-order valence-corrected chi connectivity index (χ2v) is 3.66. The lowest BCUT2D eigenvalue weighted by molar-refractivity contribution is 0.384. The Morgan fingerprint density at radius 1 is 1.24 bits per heavy atom. The highest BCUT2D eigenvalue weighted by Gasteiger charge is 2.14. The normalized spacial score (nSPS) is 10.4. The SMILES string of the molecule is Cc1c(Cl)cccc1Oc1ncnc(F)c1F. The van der Waals surface area contributed by atoms with Crippen LogP contribution >= 0.6 is 11.6 Å². The molecule has 0 aliphatic heterocycles. The quantitative estimate of drug-likeness (QED) is 0.771. The van der Waals surface area contributed by atoms with Crippen LogP contribution in [-0.2, 0) is 0 Å². The number of ether oxygens (including phenoxy) is 1. The van der Waals surface area contributed by atoms with Crippen LogP contribution in [0, 0.1) is 18.7 Å². The van der Waals surface area contributed by atoms with Gasteiger partial charge in [0, 0.05) is 10.6 Å².